The van der Waals surface area contributed by atoms with Gasteiger partial charge in [-0.15, -0.1) is 0 Å². The lowest BCUT2D eigenvalue weighted by molar-refractivity contribution is 0.0926. The fraction of sp³-hybridized carbons (Fsp3) is 0.130. The molecular weight excluding hydrogens is 400 g/mol. The first kappa shape index (κ1) is 19.7. The quantitative estimate of drug-likeness (QED) is 0.422. The van der Waals surface area contributed by atoms with Crippen molar-refractivity contribution in [3.8, 4) is 17.0 Å². The van der Waals surface area contributed by atoms with Crippen LogP contribution in [0.2, 0.25) is 0 Å². The van der Waals surface area contributed by atoms with E-state index in [0.717, 1.165) is 33.6 Å². The van der Waals surface area contributed by atoms with E-state index in [1.807, 2.05) is 42.5 Å². The largest absolute Gasteiger partial charge is 0.494 e. The number of hydrogen-bond donors (Lipinski definition) is 3. The molecule has 0 aliphatic carbocycles. The number of carbonyl (C=O) groups excluding carboxylic acids is 1. The first-order valence-corrected chi connectivity index (χ1v) is 10.3. The van der Waals surface area contributed by atoms with Gasteiger partial charge in [-0.05, 0) is 40.8 Å². The second kappa shape index (κ2) is 8.84. The number of nitrogens with one attached hydrogen (secondary N) is 2. The molecule has 0 spiro atoms. The van der Waals surface area contributed by atoms with Crippen LogP contribution in [-0.2, 0) is 12.8 Å². The molecule has 2 aromatic heterocycles. The van der Waals surface area contributed by atoms with Crippen LogP contribution < -0.4 is 10.2 Å². The highest BCUT2D eigenvalue weighted by Crippen LogP contribution is 2.24. The first-order chi connectivity index (χ1) is 14.6. The Morgan fingerprint density at radius 1 is 1.03 bits per heavy atom. The van der Waals surface area contributed by atoms with Crippen molar-refractivity contribution in [2.24, 2.45) is 0 Å². The van der Waals surface area contributed by atoms with E-state index in [-0.39, 0.29) is 16.7 Å². The second-order valence-electron chi connectivity index (χ2n) is 6.84. The molecule has 0 aliphatic rings. The van der Waals surface area contributed by atoms with Crippen LogP contribution in [0.3, 0.4) is 0 Å². The highest BCUT2D eigenvalue weighted by molar-refractivity contribution is 7.09. The van der Waals surface area contributed by atoms with E-state index in [0.29, 0.717) is 30.0 Å². The van der Waals surface area contributed by atoms with E-state index in [4.69, 9.17) is 4.42 Å². The molecule has 0 unspecified atom stereocenters. The third-order valence-corrected chi connectivity index (χ3v) is 5.60. The average molecular weight is 420 g/mol. The first-order valence-electron chi connectivity index (χ1n) is 9.49. The number of thiazole rings is 1. The average Bonchev–Trinajstić information content (AvgIpc) is 3.39. The van der Waals surface area contributed by atoms with Crippen LogP contribution in [0.5, 0.6) is 5.88 Å². The Balaban J connectivity index is 1.38. The van der Waals surface area contributed by atoms with E-state index in [9.17, 15) is 14.7 Å². The van der Waals surface area contributed by atoms with Gasteiger partial charge < -0.3 is 14.8 Å². The highest BCUT2D eigenvalue weighted by Gasteiger charge is 2.09. The van der Waals surface area contributed by atoms with Gasteiger partial charge in [-0.3, -0.25) is 14.6 Å². The number of aromatic amines is 1. The predicted molar refractivity (Wildman–Crippen MR) is 116 cm³/mol. The highest BCUT2D eigenvalue weighted by atomic mass is 32.1. The van der Waals surface area contributed by atoms with Crippen molar-refractivity contribution < 1.29 is 14.3 Å². The van der Waals surface area contributed by atoms with E-state index in [1.54, 1.807) is 12.1 Å². The second-order valence-corrected chi connectivity index (χ2v) is 7.91. The van der Waals surface area contributed by atoms with Crippen molar-refractivity contribution in [2.45, 2.75) is 12.8 Å². The van der Waals surface area contributed by atoms with Gasteiger partial charge in [0.15, 0.2) is 5.76 Å². The monoisotopic (exact) mass is 420 g/mol. The molecule has 0 atom stereocenters. The number of benzene rings is 2. The van der Waals surface area contributed by atoms with Crippen molar-refractivity contribution in [2.75, 3.05) is 6.54 Å². The van der Waals surface area contributed by atoms with Gasteiger partial charge in [0.1, 0.15) is 0 Å². The number of hydrogen-bond acceptors (Lipinski definition) is 5. The van der Waals surface area contributed by atoms with Crippen molar-refractivity contribution in [1.29, 1.82) is 0 Å². The Labute approximate surface area is 176 Å². The molecule has 4 rings (SSSR count). The lowest BCUT2D eigenvalue weighted by Crippen LogP contribution is -2.25. The van der Waals surface area contributed by atoms with Crippen LogP contribution in [0.1, 0.15) is 26.6 Å². The maximum Gasteiger partial charge on any atom is 0.307 e. The Morgan fingerprint density at radius 2 is 1.87 bits per heavy atom. The molecule has 6 nitrogen and oxygen atoms in total. The number of carbonyl (C=O) groups is 1. The molecule has 3 N–H and O–H groups in total. The fourth-order valence-electron chi connectivity index (χ4n) is 3.19. The molecule has 2 heterocycles. The lowest BCUT2D eigenvalue weighted by Gasteiger charge is -2.08. The Bertz CT molecular complexity index is 1190. The number of furan rings is 1. The van der Waals surface area contributed by atoms with Crippen LogP contribution >= 0.6 is 11.3 Å². The maximum atomic E-state index is 11.9. The Hall–Kier alpha value is -3.58. The third-order valence-electron chi connectivity index (χ3n) is 4.72. The number of aromatic hydroxyl groups is 1. The summed E-state index contributed by atoms with van der Waals surface area (Å²) < 4.78 is 5.09. The van der Waals surface area contributed by atoms with Gasteiger partial charge in [0.25, 0.3) is 5.91 Å². The summed E-state index contributed by atoms with van der Waals surface area (Å²) in [5, 5.41) is 12.6. The van der Waals surface area contributed by atoms with Crippen molar-refractivity contribution in [3.05, 3.63) is 98.4 Å². The van der Waals surface area contributed by atoms with Crippen LogP contribution in [0, 0.1) is 0 Å². The topological polar surface area (TPSA) is 95.3 Å². The zero-order valence-corrected chi connectivity index (χ0v) is 16.9. The van der Waals surface area contributed by atoms with E-state index in [2.05, 4.69) is 16.4 Å². The number of amides is 1. The van der Waals surface area contributed by atoms with Crippen LogP contribution in [-0.4, -0.2) is 22.5 Å². The minimum Gasteiger partial charge on any atom is -0.494 e. The standard InChI is InChI=1S/C23H20N2O4S/c26-21(19-5-2-12-29-19)24-11-10-15-3-1-4-18(13-15)17-8-6-16(7-9-17)14-20-22(27)25-23(28)30-20/h1-9,12-13,27H,10-11,14H2,(H,24,26)(H,25,28). The summed E-state index contributed by atoms with van der Waals surface area (Å²) >= 11 is 1.02. The summed E-state index contributed by atoms with van der Waals surface area (Å²) in [4.78, 5) is 26.0. The SMILES string of the molecule is O=C(NCCc1cccc(-c2ccc(Cc3sc(=O)[nH]c3O)cc2)c1)c1ccco1. The molecule has 4 aromatic rings. The summed E-state index contributed by atoms with van der Waals surface area (Å²) in [6.07, 6.45) is 2.70. The molecule has 0 saturated carbocycles. The zero-order chi connectivity index (χ0) is 20.9. The zero-order valence-electron chi connectivity index (χ0n) is 16.1. The van der Waals surface area contributed by atoms with Crippen molar-refractivity contribution in [1.82, 2.24) is 10.3 Å². The summed E-state index contributed by atoms with van der Waals surface area (Å²) in [5.41, 5.74) is 4.30. The molecule has 0 bridgehead atoms. The minimum absolute atomic E-state index is 0.0547. The van der Waals surface area contributed by atoms with Crippen LogP contribution in [0.15, 0.2) is 76.1 Å². The van der Waals surface area contributed by atoms with E-state index in [1.165, 1.54) is 6.26 Å². The van der Waals surface area contributed by atoms with Gasteiger partial charge in [0, 0.05) is 13.0 Å². The predicted octanol–water partition coefficient (Wildman–Crippen LogP) is 3.97. The summed E-state index contributed by atoms with van der Waals surface area (Å²) in [6.45, 7) is 0.519. The van der Waals surface area contributed by atoms with Gasteiger partial charge in [0.2, 0.25) is 5.88 Å². The normalized spacial score (nSPS) is 10.8. The van der Waals surface area contributed by atoms with Gasteiger partial charge in [-0.1, -0.05) is 59.9 Å². The molecule has 30 heavy (non-hydrogen) atoms. The molecule has 152 valence electrons. The maximum absolute atomic E-state index is 11.9. The molecule has 2 aromatic carbocycles. The molecule has 0 radical (unpaired) electrons. The van der Waals surface area contributed by atoms with Crippen molar-refractivity contribution in [3.63, 3.8) is 0 Å². The summed E-state index contributed by atoms with van der Waals surface area (Å²) in [7, 11) is 0. The van der Waals surface area contributed by atoms with E-state index < -0.39 is 0 Å². The van der Waals surface area contributed by atoms with E-state index >= 15 is 0 Å². The third kappa shape index (κ3) is 4.69. The summed E-state index contributed by atoms with van der Waals surface area (Å²) in [5.74, 6) is 0.0372. The smallest absolute Gasteiger partial charge is 0.307 e. The van der Waals surface area contributed by atoms with Gasteiger partial charge in [0.05, 0.1) is 11.1 Å². The van der Waals surface area contributed by atoms with Gasteiger partial charge in [-0.2, -0.15) is 0 Å². The number of rotatable bonds is 7. The Morgan fingerprint density at radius 3 is 2.57 bits per heavy atom. The minimum atomic E-state index is -0.253. The van der Waals surface area contributed by atoms with Crippen molar-refractivity contribution >= 4 is 17.2 Å². The summed E-state index contributed by atoms with van der Waals surface area (Å²) in [6, 6.07) is 19.6. The Kier molecular flexibility index (Phi) is 5.81. The molecule has 0 fully saturated rings. The molecule has 7 heteroatoms. The van der Waals surface area contributed by atoms with Gasteiger partial charge in [-0.25, -0.2) is 0 Å². The van der Waals surface area contributed by atoms with Crippen LogP contribution in [0.4, 0.5) is 0 Å². The van der Waals surface area contributed by atoms with Crippen LogP contribution in [0.25, 0.3) is 11.1 Å². The molecule has 0 aliphatic heterocycles. The number of H-pyrrole nitrogens is 1. The molecular formula is C23H20N2O4S. The molecule has 0 saturated heterocycles. The fourth-order valence-corrected chi connectivity index (χ4v) is 3.95. The lowest BCUT2D eigenvalue weighted by atomic mass is 10.00. The number of aromatic nitrogens is 1. The van der Waals surface area contributed by atoms with Gasteiger partial charge >= 0.3 is 4.87 Å². The molecule has 1 amide bonds.